The molecule has 0 bridgehead atoms. The molecule has 0 aliphatic heterocycles. The number of hydrogen-bond acceptors (Lipinski definition) is 5. The highest BCUT2D eigenvalue weighted by Gasteiger charge is 2.14. The first-order valence-corrected chi connectivity index (χ1v) is 8.35. The third-order valence-corrected chi connectivity index (χ3v) is 4.73. The van der Waals surface area contributed by atoms with Gasteiger partial charge in [-0.05, 0) is 25.0 Å². The molecule has 0 atom stereocenters. The number of aromatic amines is 1. The summed E-state index contributed by atoms with van der Waals surface area (Å²) in [6.45, 7) is 3.92. The van der Waals surface area contributed by atoms with Gasteiger partial charge in [-0.15, -0.1) is 0 Å². The van der Waals surface area contributed by atoms with Crippen LogP contribution in [0.3, 0.4) is 0 Å². The van der Waals surface area contributed by atoms with Crippen LogP contribution in [0.15, 0.2) is 34.5 Å². The SMILES string of the molecule is Cc1cccc(C)c1NC(=O)CSc1nc2c(=O)[nH]cnc2n1C. The van der Waals surface area contributed by atoms with Gasteiger partial charge in [0.05, 0.1) is 12.1 Å². The Labute approximate surface area is 142 Å². The van der Waals surface area contributed by atoms with Gasteiger partial charge in [-0.3, -0.25) is 9.59 Å². The molecule has 8 heteroatoms. The summed E-state index contributed by atoms with van der Waals surface area (Å²) in [7, 11) is 1.77. The van der Waals surface area contributed by atoms with Crippen LogP contribution in [-0.4, -0.2) is 31.2 Å². The van der Waals surface area contributed by atoms with Crippen molar-refractivity contribution in [2.45, 2.75) is 19.0 Å². The second kappa shape index (κ2) is 6.48. The van der Waals surface area contributed by atoms with E-state index in [1.165, 1.54) is 18.1 Å². The van der Waals surface area contributed by atoms with Crippen molar-refractivity contribution in [1.82, 2.24) is 19.5 Å². The Kier molecular flexibility index (Phi) is 4.39. The number of anilines is 1. The Balaban J connectivity index is 1.74. The molecule has 0 aliphatic rings. The van der Waals surface area contributed by atoms with E-state index in [1.54, 1.807) is 11.6 Å². The van der Waals surface area contributed by atoms with E-state index in [2.05, 4.69) is 20.3 Å². The molecule has 0 spiro atoms. The Bertz CT molecular complexity index is 956. The van der Waals surface area contributed by atoms with E-state index in [9.17, 15) is 9.59 Å². The van der Waals surface area contributed by atoms with Crippen LogP contribution in [0.2, 0.25) is 0 Å². The van der Waals surface area contributed by atoms with Crippen LogP contribution in [-0.2, 0) is 11.8 Å². The molecule has 0 saturated carbocycles. The Morgan fingerprint density at radius 1 is 1.33 bits per heavy atom. The maximum atomic E-state index is 12.2. The fraction of sp³-hybridized carbons (Fsp3) is 0.250. The number of nitrogens with one attached hydrogen (secondary N) is 2. The van der Waals surface area contributed by atoms with Gasteiger partial charge < -0.3 is 14.9 Å². The number of nitrogens with zero attached hydrogens (tertiary/aromatic N) is 3. The summed E-state index contributed by atoms with van der Waals surface area (Å²) in [6, 6.07) is 5.87. The largest absolute Gasteiger partial charge is 0.325 e. The number of aromatic nitrogens is 4. The first-order chi connectivity index (χ1) is 11.5. The molecule has 2 heterocycles. The highest BCUT2D eigenvalue weighted by Crippen LogP contribution is 2.22. The first kappa shape index (κ1) is 16.3. The summed E-state index contributed by atoms with van der Waals surface area (Å²) in [5.74, 6) is 0.0781. The summed E-state index contributed by atoms with van der Waals surface area (Å²) in [4.78, 5) is 34.8. The van der Waals surface area contributed by atoms with Crippen molar-refractivity contribution in [3.05, 3.63) is 46.0 Å². The van der Waals surface area contributed by atoms with E-state index in [4.69, 9.17) is 0 Å². The number of imidazole rings is 1. The molecule has 1 aromatic carbocycles. The normalized spacial score (nSPS) is 11.0. The molecule has 0 radical (unpaired) electrons. The molecule has 3 aromatic rings. The molecule has 3 rings (SSSR count). The van der Waals surface area contributed by atoms with Crippen molar-refractivity contribution in [3.8, 4) is 0 Å². The lowest BCUT2D eigenvalue weighted by atomic mass is 10.1. The zero-order valence-corrected chi connectivity index (χ0v) is 14.4. The van der Waals surface area contributed by atoms with Crippen LogP contribution in [0, 0.1) is 13.8 Å². The average Bonchev–Trinajstić information content (AvgIpc) is 2.87. The van der Waals surface area contributed by atoms with Crippen molar-refractivity contribution < 1.29 is 4.79 Å². The van der Waals surface area contributed by atoms with E-state index in [-0.39, 0.29) is 22.7 Å². The molecule has 24 heavy (non-hydrogen) atoms. The zero-order chi connectivity index (χ0) is 17.3. The van der Waals surface area contributed by atoms with Gasteiger partial charge in [-0.2, -0.15) is 0 Å². The minimum absolute atomic E-state index is 0.119. The quantitative estimate of drug-likeness (QED) is 0.707. The summed E-state index contributed by atoms with van der Waals surface area (Å²) < 4.78 is 1.71. The molecule has 2 aromatic heterocycles. The van der Waals surface area contributed by atoms with Gasteiger partial charge in [0.25, 0.3) is 5.56 Å². The van der Waals surface area contributed by atoms with Crippen molar-refractivity contribution in [3.63, 3.8) is 0 Å². The molecule has 0 fully saturated rings. The topological polar surface area (TPSA) is 92.7 Å². The lowest BCUT2D eigenvalue weighted by Gasteiger charge is -2.11. The number of amides is 1. The van der Waals surface area contributed by atoms with Crippen molar-refractivity contribution in [2.24, 2.45) is 7.05 Å². The van der Waals surface area contributed by atoms with Gasteiger partial charge in [-0.1, -0.05) is 30.0 Å². The third kappa shape index (κ3) is 3.05. The van der Waals surface area contributed by atoms with Gasteiger partial charge >= 0.3 is 0 Å². The summed E-state index contributed by atoms with van der Waals surface area (Å²) in [6.07, 6.45) is 1.34. The molecular formula is C16H17N5O2S. The summed E-state index contributed by atoms with van der Waals surface area (Å²) in [5.41, 5.74) is 3.36. The van der Waals surface area contributed by atoms with Crippen molar-refractivity contribution >= 4 is 34.5 Å². The average molecular weight is 343 g/mol. The standard InChI is InChI=1S/C16H17N5O2S/c1-9-5-4-6-10(2)12(9)19-11(22)7-24-16-20-13-14(21(16)3)17-8-18-15(13)23/h4-6,8H,7H2,1-3H3,(H,19,22)(H,17,18,23). The molecule has 7 nitrogen and oxygen atoms in total. The number of H-pyrrole nitrogens is 1. The number of thioether (sulfide) groups is 1. The smallest absolute Gasteiger partial charge is 0.278 e. The summed E-state index contributed by atoms with van der Waals surface area (Å²) >= 11 is 1.27. The van der Waals surface area contributed by atoms with Gasteiger partial charge in [0.15, 0.2) is 16.3 Å². The molecule has 2 N–H and O–H groups in total. The van der Waals surface area contributed by atoms with Crippen LogP contribution >= 0.6 is 11.8 Å². The number of carbonyl (C=O) groups excluding carboxylic acids is 1. The molecule has 1 amide bonds. The third-order valence-electron chi connectivity index (χ3n) is 3.70. The van der Waals surface area contributed by atoms with Crippen LogP contribution in [0.5, 0.6) is 0 Å². The van der Waals surface area contributed by atoms with Crippen LogP contribution in [0.25, 0.3) is 11.2 Å². The maximum absolute atomic E-state index is 12.2. The monoisotopic (exact) mass is 343 g/mol. The zero-order valence-electron chi connectivity index (χ0n) is 13.6. The molecular weight excluding hydrogens is 326 g/mol. The van der Waals surface area contributed by atoms with Crippen LogP contribution in [0.1, 0.15) is 11.1 Å². The number of aryl methyl sites for hydroxylation is 3. The predicted octanol–water partition coefficient (Wildman–Crippen LogP) is 2.00. The van der Waals surface area contributed by atoms with E-state index in [1.807, 2.05) is 32.0 Å². The maximum Gasteiger partial charge on any atom is 0.278 e. The Morgan fingerprint density at radius 2 is 2.04 bits per heavy atom. The molecule has 0 saturated heterocycles. The van der Waals surface area contributed by atoms with Gasteiger partial charge in [0.1, 0.15) is 0 Å². The van der Waals surface area contributed by atoms with E-state index < -0.39 is 0 Å². The van der Waals surface area contributed by atoms with Gasteiger partial charge in [0.2, 0.25) is 5.91 Å². The molecule has 124 valence electrons. The second-order valence-electron chi connectivity index (χ2n) is 5.46. The van der Waals surface area contributed by atoms with Crippen molar-refractivity contribution in [2.75, 3.05) is 11.1 Å². The minimum atomic E-state index is -0.289. The first-order valence-electron chi connectivity index (χ1n) is 7.36. The minimum Gasteiger partial charge on any atom is -0.325 e. The fourth-order valence-corrected chi connectivity index (χ4v) is 3.21. The van der Waals surface area contributed by atoms with E-state index in [0.717, 1.165) is 16.8 Å². The van der Waals surface area contributed by atoms with E-state index in [0.29, 0.717) is 10.8 Å². The number of rotatable bonds is 4. The molecule has 0 unspecified atom stereocenters. The van der Waals surface area contributed by atoms with Gasteiger partial charge in [0, 0.05) is 12.7 Å². The number of hydrogen-bond donors (Lipinski definition) is 2. The Morgan fingerprint density at radius 3 is 2.71 bits per heavy atom. The van der Waals surface area contributed by atoms with E-state index >= 15 is 0 Å². The highest BCUT2D eigenvalue weighted by molar-refractivity contribution is 7.99. The fourth-order valence-electron chi connectivity index (χ4n) is 2.44. The number of carbonyl (C=O) groups is 1. The van der Waals surface area contributed by atoms with Crippen molar-refractivity contribution in [1.29, 1.82) is 0 Å². The Hall–Kier alpha value is -2.61. The number of para-hydroxylation sites is 1. The molecule has 0 aliphatic carbocycles. The highest BCUT2D eigenvalue weighted by atomic mass is 32.2. The van der Waals surface area contributed by atoms with Gasteiger partial charge in [-0.25, -0.2) is 9.97 Å². The van der Waals surface area contributed by atoms with Crippen LogP contribution in [0.4, 0.5) is 5.69 Å². The lowest BCUT2D eigenvalue weighted by Crippen LogP contribution is -2.16. The number of fused-ring (bicyclic) bond motifs is 1. The predicted molar refractivity (Wildman–Crippen MR) is 94.4 cm³/mol. The number of benzene rings is 1. The lowest BCUT2D eigenvalue weighted by molar-refractivity contribution is -0.113. The second-order valence-corrected chi connectivity index (χ2v) is 6.40. The summed E-state index contributed by atoms with van der Waals surface area (Å²) in [5, 5.41) is 3.51. The van der Waals surface area contributed by atoms with Crippen LogP contribution < -0.4 is 10.9 Å².